The summed E-state index contributed by atoms with van der Waals surface area (Å²) in [5.41, 5.74) is 3.88. The summed E-state index contributed by atoms with van der Waals surface area (Å²) in [5.74, 6) is 0. The van der Waals surface area contributed by atoms with Gasteiger partial charge in [-0.15, -0.1) is 0 Å². The summed E-state index contributed by atoms with van der Waals surface area (Å²) in [6.45, 7) is 6.24. The Balaban J connectivity index is 1.69. The van der Waals surface area contributed by atoms with Crippen LogP contribution in [0, 0.1) is 13.8 Å². The Bertz CT molecular complexity index is 808. The van der Waals surface area contributed by atoms with Crippen LogP contribution in [0.5, 0.6) is 0 Å². The number of anilines is 1. The molecule has 4 nitrogen and oxygen atoms in total. The van der Waals surface area contributed by atoms with E-state index in [2.05, 4.69) is 21.8 Å². The summed E-state index contributed by atoms with van der Waals surface area (Å²) >= 11 is 0. The molecule has 5 heteroatoms. The number of nitrogens with zero attached hydrogens (tertiary/aromatic N) is 1. The molecule has 0 atom stereocenters. The van der Waals surface area contributed by atoms with E-state index in [0.717, 1.165) is 29.8 Å². The highest BCUT2D eigenvalue weighted by atomic mass is 32.2. The third-order valence-corrected chi connectivity index (χ3v) is 6.05. The lowest BCUT2D eigenvalue weighted by Crippen LogP contribution is -2.24. The summed E-state index contributed by atoms with van der Waals surface area (Å²) in [7, 11) is -3.50. The zero-order valence-electron chi connectivity index (χ0n) is 14.2. The second-order valence-electron chi connectivity index (χ2n) is 6.45. The van der Waals surface area contributed by atoms with Crippen LogP contribution in [0.1, 0.15) is 29.5 Å². The third-order valence-electron chi connectivity index (χ3n) is 4.51. The molecule has 1 aliphatic heterocycles. The highest BCUT2D eigenvalue weighted by Crippen LogP contribution is 2.21. The number of hydrogen-bond acceptors (Lipinski definition) is 3. The fraction of sp³-hybridized carbons (Fsp3) is 0.368. The summed E-state index contributed by atoms with van der Waals surface area (Å²) in [4.78, 5) is 2.72. The lowest BCUT2D eigenvalue weighted by atomic mass is 10.2. The number of aryl methyl sites for hydroxylation is 2. The first kappa shape index (κ1) is 17.0. The fourth-order valence-corrected chi connectivity index (χ4v) is 4.40. The number of benzene rings is 2. The van der Waals surface area contributed by atoms with Gasteiger partial charge in [-0.05, 0) is 61.6 Å². The number of hydrogen-bond donors (Lipinski definition) is 1. The molecule has 2 aromatic rings. The van der Waals surface area contributed by atoms with Gasteiger partial charge in [-0.1, -0.05) is 24.3 Å². The van der Waals surface area contributed by atoms with Crippen LogP contribution < -0.4 is 9.62 Å². The summed E-state index contributed by atoms with van der Waals surface area (Å²) < 4.78 is 27.8. The molecule has 0 aromatic heterocycles. The first-order valence-electron chi connectivity index (χ1n) is 8.36. The molecule has 24 heavy (non-hydrogen) atoms. The highest BCUT2D eigenvalue weighted by molar-refractivity contribution is 7.89. The summed E-state index contributed by atoms with van der Waals surface area (Å²) in [5, 5.41) is 0. The normalized spacial score (nSPS) is 15.0. The van der Waals surface area contributed by atoms with Crippen molar-refractivity contribution in [1.82, 2.24) is 4.72 Å². The topological polar surface area (TPSA) is 49.4 Å². The third kappa shape index (κ3) is 3.79. The van der Waals surface area contributed by atoms with E-state index in [-0.39, 0.29) is 0 Å². The maximum absolute atomic E-state index is 12.5. The lowest BCUT2D eigenvalue weighted by molar-refractivity contribution is 0.580. The van der Waals surface area contributed by atoms with Gasteiger partial charge in [0.15, 0.2) is 0 Å². The number of sulfonamides is 1. The largest absolute Gasteiger partial charge is 0.372 e. The van der Waals surface area contributed by atoms with Crippen LogP contribution in [0.4, 0.5) is 5.69 Å². The van der Waals surface area contributed by atoms with Gasteiger partial charge in [0.2, 0.25) is 10.0 Å². The SMILES string of the molecule is Cc1ccc(C)c(S(=O)(=O)NCc2ccc(N3CCCC3)cc2)c1. The average Bonchev–Trinajstić information content (AvgIpc) is 3.10. The molecule has 1 aliphatic rings. The molecule has 2 aromatic carbocycles. The minimum atomic E-state index is -3.50. The van der Waals surface area contributed by atoms with Gasteiger partial charge >= 0.3 is 0 Å². The molecule has 0 saturated carbocycles. The van der Waals surface area contributed by atoms with Crippen LogP contribution in [-0.2, 0) is 16.6 Å². The minimum absolute atomic E-state index is 0.302. The predicted octanol–water partition coefficient (Wildman–Crippen LogP) is 3.38. The minimum Gasteiger partial charge on any atom is -0.372 e. The quantitative estimate of drug-likeness (QED) is 0.904. The van der Waals surface area contributed by atoms with Crippen LogP contribution in [0.2, 0.25) is 0 Å². The Morgan fingerprint density at radius 2 is 1.67 bits per heavy atom. The molecule has 0 aliphatic carbocycles. The van der Waals surface area contributed by atoms with Gasteiger partial charge in [-0.25, -0.2) is 13.1 Å². The van der Waals surface area contributed by atoms with Crippen LogP contribution in [0.15, 0.2) is 47.4 Å². The molecule has 0 bridgehead atoms. The first-order valence-corrected chi connectivity index (χ1v) is 9.85. The van der Waals surface area contributed by atoms with E-state index in [9.17, 15) is 8.42 Å². The molecule has 1 saturated heterocycles. The molecular formula is C19H24N2O2S. The Morgan fingerprint density at radius 1 is 1.00 bits per heavy atom. The lowest BCUT2D eigenvalue weighted by Gasteiger charge is -2.17. The molecule has 1 fully saturated rings. The van der Waals surface area contributed by atoms with E-state index >= 15 is 0 Å². The Kier molecular flexibility index (Phi) is 4.92. The van der Waals surface area contributed by atoms with Gasteiger partial charge < -0.3 is 4.90 Å². The van der Waals surface area contributed by atoms with Crippen molar-refractivity contribution >= 4 is 15.7 Å². The molecule has 1 N–H and O–H groups in total. The smallest absolute Gasteiger partial charge is 0.241 e. The maximum Gasteiger partial charge on any atom is 0.241 e. The molecule has 3 rings (SSSR count). The predicted molar refractivity (Wildman–Crippen MR) is 97.8 cm³/mol. The molecule has 0 radical (unpaired) electrons. The van der Waals surface area contributed by atoms with Crippen LogP contribution in [-0.4, -0.2) is 21.5 Å². The first-order chi connectivity index (χ1) is 11.5. The Morgan fingerprint density at radius 3 is 2.33 bits per heavy atom. The van der Waals surface area contributed by atoms with E-state index < -0.39 is 10.0 Å². The summed E-state index contributed by atoms with van der Waals surface area (Å²) in [6.07, 6.45) is 2.49. The molecule has 0 unspecified atom stereocenters. The van der Waals surface area contributed by atoms with Crippen molar-refractivity contribution in [2.24, 2.45) is 0 Å². The Hall–Kier alpha value is -1.85. The van der Waals surface area contributed by atoms with E-state index in [1.165, 1.54) is 18.5 Å². The molecule has 1 heterocycles. The summed E-state index contributed by atoms with van der Waals surface area (Å²) in [6, 6.07) is 13.6. The van der Waals surface area contributed by atoms with E-state index in [1.54, 1.807) is 6.07 Å². The zero-order valence-corrected chi connectivity index (χ0v) is 15.1. The van der Waals surface area contributed by atoms with Crippen molar-refractivity contribution in [3.05, 3.63) is 59.2 Å². The van der Waals surface area contributed by atoms with Gasteiger partial charge in [0, 0.05) is 25.3 Å². The van der Waals surface area contributed by atoms with Gasteiger partial charge in [0.1, 0.15) is 0 Å². The molecule has 128 valence electrons. The van der Waals surface area contributed by atoms with Gasteiger partial charge in [0.25, 0.3) is 0 Å². The van der Waals surface area contributed by atoms with Crippen LogP contribution in [0.3, 0.4) is 0 Å². The second kappa shape index (κ2) is 6.95. The van der Waals surface area contributed by atoms with E-state index in [1.807, 2.05) is 38.1 Å². The van der Waals surface area contributed by atoms with Crippen LogP contribution >= 0.6 is 0 Å². The average molecular weight is 344 g/mol. The van der Waals surface area contributed by atoms with Crippen molar-refractivity contribution < 1.29 is 8.42 Å². The number of rotatable bonds is 5. The van der Waals surface area contributed by atoms with Gasteiger partial charge in [-0.3, -0.25) is 0 Å². The second-order valence-corrected chi connectivity index (χ2v) is 8.19. The van der Waals surface area contributed by atoms with Crippen molar-refractivity contribution in [3.63, 3.8) is 0 Å². The molecular weight excluding hydrogens is 320 g/mol. The van der Waals surface area contributed by atoms with E-state index in [4.69, 9.17) is 0 Å². The molecule has 0 amide bonds. The van der Waals surface area contributed by atoms with Crippen LogP contribution in [0.25, 0.3) is 0 Å². The van der Waals surface area contributed by atoms with E-state index in [0.29, 0.717) is 11.4 Å². The van der Waals surface area contributed by atoms with Crippen molar-refractivity contribution in [2.75, 3.05) is 18.0 Å². The monoisotopic (exact) mass is 344 g/mol. The Labute approximate surface area is 144 Å². The zero-order chi connectivity index (χ0) is 17.2. The molecule has 0 spiro atoms. The van der Waals surface area contributed by atoms with Crippen molar-refractivity contribution in [1.29, 1.82) is 0 Å². The maximum atomic E-state index is 12.5. The van der Waals surface area contributed by atoms with Crippen molar-refractivity contribution in [3.8, 4) is 0 Å². The highest BCUT2D eigenvalue weighted by Gasteiger charge is 2.17. The fourth-order valence-electron chi connectivity index (χ4n) is 3.05. The van der Waals surface area contributed by atoms with Crippen molar-refractivity contribution in [2.45, 2.75) is 38.1 Å². The number of nitrogens with one attached hydrogen (secondary N) is 1. The van der Waals surface area contributed by atoms with Gasteiger partial charge in [-0.2, -0.15) is 0 Å². The van der Waals surface area contributed by atoms with Gasteiger partial charge in [0.05, 0.1) is 4.90 Å². The standard InChI is InChI=1S/C19H24N2O2S/c1-15-5-6-16(2)19(13-15)24(22,23)20-14-17-7-9-18(10-8-17)21-11-3-4-12-21/h5-10,13,20H,3-4,11-12,14H2,1-2H3.